The Hall–Kier alpha value is -2.54. The summed E-state index contributed by atoms with van der Waals surface area (Å²) in [6.07, 6.45) is 0. The van der Waals surface area contributed by atoms with Crippen molar-refractivity contribution in [2.24, 2.45) is 0 Å². The second kappa shape index (κ2) is 4.54. The van der Waals surface area contributed by atoms with Gasteiger partial charge in [0.25, 0.3) is 0 Å². The predicted octanol–water partition coefficient (Wildman–Crippen LogP) is 3.00. The van der Waals surface area contributed by atoms with Crippen LogP contribution in [0.5, 0.6) is 17.2 Å². The van der Waals surface area contributed by atoms with Crippen molar-refractivity contribution in [2.75, 3.05) is 0 Å². The Morgan fingerprint density at radius 1 is 1.35 bits per heavy atom. The minimum absolute atomic E-state index is 0.0482. The van der Waals surface area contributed by atoms with Crippen LogP contribution in [-0.4, -0.2) is 5.11 Å². The highest BCUT2D eigenvalue weighted by Gasteiger charge is 2.06. The number of hydrogen-bond donors (Lipinski definition) is 1. The Kier molecular flexibility index (Phi) is 2.93. The van der Waals surface area contributed by atoms with E-state index in [1.807, 2.05) is 6.07 Å². The molecule has 0 aliphatic rings. The van der Waals surface area contributed by atoms with Gasteiger partial charge in [0.2, 0.25) is 0 Å². The first-order chi connectivity index (χ1) is 8.19. The second-order valence-electron chi connectivity index (χ2n) is 3.27. The number of ether oxygens (including phenoxy) is 1. The molecular formula is C13H7FNO2. The van der Waals surface area contributed by atoms with Crippen LogP contribution in [0.15, 0.2) is 36.4 Å². The van der Waals surface area contributed by atoms with Crippen LogP contribution in [0.3, 0.4) is 0 Å². The minimum Gasteiger partial charge on any atom is -0.508 e. The van der Waals surface area contributed by atoms with Crippen LogP contribution >= 0.6 is 0 Å². The van der Waals surface area contributed by atoms with Crippen molar-refractivity contribution in [1.82, 2.24) is 0 Å². The van der Waals surface area contributed by atoms with Gasteiger partial charge in [-0.05, 0) is 24.3 Å². The Bertz CT molecular complexity index is 590. The zero-order valence-electron chi connectivity index (χ0n) is 8.64. The van der Waals surface area contributed by atoms with Crippen LogP contribution < -0.4 is 4.74 Å². The van der Waals surface area contributed by atoms with Gasteiger partial charge < -0.3 is 9.84 Å². The lowest BCUT2D eigenvalue weighted by Gasteiger charge is -2.07. The minimum atomic E-state index is -0.621. The number of halogens is 1. The van der Waals surface area contributed by atoms with E-state index in [4.69, 9.17) is 10.00 Å². The molecule has 4 heteroatoms. The van der Waals surface area contributed by atoms with E-state index in [1.54, 1.807) is 12.1 Å². The van der Waals surface area contributed by atoms with Gasteiger partial charge in [-0.25, -0.2) is 4.39 Å². The highest BCUT2D eigenvalue weighted by atomic mass is 19.1. The Balaban J connectivity index is 2.34. The van der Waals surface area contributed by atoms with Crippen molar-refractivity contribution in [1.29, 1.82) is 5.26 Å². The summed E-state index contributed by atoms with van der Waals surface area (Å²) in [6.45, 7) is 0. The average molecular weight is 228 g/mol. The maximum atomic E-state index is 12.8. The molecule has 83 valence electrons. The number of phenolic OH excluding ortho intramolecular Hbond substituents is 1. The molecule has 17 heavy (non-hydrogen) atoms. The van der Waals surface area contributed by atoms with Crippen LogP contribution in [0.2, 0.25) is 0 Å². The van der Waals surface area contributed by atoms with E-state index in [0.717, 1.165) is 6.07 Å². The lowest BCUT2D eigenvalue weighted by Crippen LogP contribution is -1.89. The normalized spacial score (nSPS) is 9.65. The molecule has 0 spiro atoms. The van der Waals surface area contributed by atoms with E-state index in [2.05, 4.69) is 6.07 Å². The van der Waals surface area contributed by atoms with E-state index >= 15 is 0 Å². The lowest BCUT2D eigenvalue weighted by atomic mass is 10.2. The summed E-state index contributed by atoms with van der Waals surface area (Å²) in [5, 5.41) is 18.1. The summed E-state index contributed by atoms with van der Waals surface area (Å²) < 4.78 is 18.2. The van der Waals surface area contributed by atoms with E-state index in [-0.39, 0.29) is 17.1 Å². The fraction of sp³-hybridized carbons (Fsp3) is 0. The second-order valence-corrected chi connectivity index (χ2v) is 3.27. The molecule has 0 saturated heterocycles. The zero-order valence-corrected chi connectivity index (χ0v) is 8.64. The number of nitrogens with zero attached hydrogens (tertiary/aromatic N) is 1. The van der Waals surface area contributed by atoms with Gasteiger partial charge in [0.1, 0.15) is 29.1 Å². The monoisotopic (exact) mass is 228 g/mol. The Morgan fingerprint density at radius 2 is 2.18 bits per heavy atom. The Labute approximate surface area is 97.3 Å². The topological polar surface area (TPSA) is 53.2 Å². The Morgan fingerprint density at radius 3 is 2.88 bits per heavy atom. The van der Waals surface area contributed by atoms with Gasteiger partial charge in [-0.2, -0.15) is 5.26 Å². The fourth-order valence-electron chi connectivity index (χ4n) is 1.30. The summed E-state index contributed by atoms with van der Waals surface area (Å²) in [6, 6.07) is 12.5. The van der Waals surface area contributed by atoms with Crippen molar-refractivity contribution in [3.05, 3.63) is 53.8 Å². The zero-order chi connectivity index (χ0) is 12.3. The third-order valence-electron chi connectivity index (χ3n) is 2.04. The molecule has 1 radical (unpaired) electrons. The van der Waals surface area contributed by atoms with Crippen LogP contribution in [-0.2, 0) is 0 Å². The predicted molar refractivity (Wildman–Crippen MR) is 58.1 cm³/mol. The maximum Gasteiger partial charge on any atom is 0.146 e. The van der Waals surface area contributed by atoms with Gasteiger partial charge in [0.05, 0.1) is 5.56 Å². The lowest BCUT2D eigenvalue weighted by molar-refractivity contribution is 0.453. The number of hydrogen-bond acceptors (Lipinski definition) is 3. The highest BCUT2D eigenvalue weighted by molar-refractivity contribution is 5.45. The molecule has 0 aliphatic carbocycles. The summed E-state index contributed by atoms with van der Waals surface area (Å²) in [4.78, 5) is 0. The van der Waals surface area contributed by atoms with Gasteiger partial charge in [-0.3, -0.25) is 0 Å². The summed E-state index contributed by atoms with van der Waals surface area (Å²) in [5.74, 6) is -0.0158. The van der Waals surface area contributed by atoms with Crippen molar-refractivity contribution in [3.8, 4) is 23.3 Å². The molecule has 0 amide bonds. The molecule has 0 heterocycles. The van der Waals surface area contributed by atoms with Gasteiger partial charge in [-0.15, -0.1) is 0 Å². The standard InChI is InChI=1S/C13H7FNO2/c14-10-4-5-13(9(6-10)8-15)17-12-3-1-2-11(16)7-12/h1-3,5-7,16H. The fourth-order valence-corrected chi connectivity index (χ4v) is 1.30. The first kappa shape index (κ1) is 11.0. The summed E-state index contributed by atoms with van der Waals surface area (Å²) in [5.41, 5.74) is 0.0737. The maximum absolute atomic E-state index is 12.8. The van der Waals surface area contributed by atoms with Gasteiger partial charge in [0.15, 0.2) is 0 Å². The number of rotatable bonds is 2. The summed E-state index contributed by atoms with van der Waals surface area (Å²) in [7, 11) is 0. The molecule has 0 atom stereocenters. The van der Waals surface area contributed by atoms with Crippen LogP contribution in [0.1, 0.15) is 5.56 Å². The van der Waals surface area contributed by atoms with E-state index in [0.29, 0.717) is 5.75 Å². The van der Waals surface area contributed by atoms with Crippen LogP contribution in [0, 0.1) is 23.2 Å². The van der Waals surface area contributed by atoms with Gasteiger partial charge in [-0.1, -0.05) is 6.07 Å². The molecule has 0 bridgehead atoms. The molecule has 0 aliphatic heterocycles. The first-order valence-electron chi connectivity index (χ1n) is 4.77. The molecule has 2 aromatic rings. The third kappa shape index (κ3) is 2.52. The average Bonchev–Trinajstić information content (AvgIpc) is 2.31. The molecule has 3 nitrogen and oxygen atoms in total. The van der Waals surface area contributed by atoms with Crippen molar-refractivity contribution in [2.45, 2.75) is 0 Å². The highest BCUT2D eigenvalue weighted by Crippen LogP contribution is 2.27. The van der Waals surface area contributed by atoms with Gasteiger partial charge >= 0.3 is 0 Å². The van der Waals surface area contributed by atoms with Gasteiger partial charge in [0, 0.05) is 12.1 Å². The SMILES string of the molecule is N#Cc1cc(F)[c]cc1Oc1cccc(O)c1. The van der Waals surface area contributed by atoms with Crippen LogP contribution in [0.4, 0.5) is 4.39 Å². The molecule has 0 aromatic heterocycles. The number of aromatic hydroxyl groups is 1. The molecule has 2 aromatic carbocycles. The summed E-state index contributed by atoms with van der Waals surface area (Å²) >= 11 is 0. The number of phenols is 1. The molecule has 1 N–H and O–H groups in total. The van der Waals surface area contributed by atoms with E-state index < -0.39 is 5.82 Å². The largest absolute Gasteiger partial charge is 0.508 e. The molecule has 0 unspecified atom stereocenters. The smallest absolute Gasteiger partial charge is 0.146 e. The third-order valence-corrected chi connectivity index (χ3v) is 2.04. The van der Waals surface area contributed by atoms with E-state index in [9.17, 15) is 9.50 Å². The number of benzene rings is 2. The van der Waals surface area contributed by atoms with Crippen molar-refractivity contribution in [3.63, 3.8) is 0 Å². The molecule has 0 saturated carbocycles. The van der Waals surface area contributed by atoms with E-state index in [1.165, 1.54) is 18.2 Å². The number of nitriles is 1. The van der Waals surface area contributed by atoms with Crippen molar-refractivity contribution >= 4 is 0 Å². The van der Waals surface area contributed by atoms with Crippen LogP contribution in [0.25, 0.3) is 0 Å². The molecule has 0 fully saturated rings. The quantitative estimate of drug-likeness (QED) is 0.859. The van der Waals surface area contributed by atoms with Crippen molar-refractivity contribution < 1.29 is 14.2 Å². The molecular weight excluding hydrogens is 221 g/mol. The molecule has 2 rings (SSSR count). The first-order valence-corrected chi connectivity index (χ1v) is 4.77.